The fourth-order valence-corrected chi connectivity index (χ4v) is 6.01. The molecule has 0 amide bonds. The summed E-state index contributed by atoms with van der Waals surface area (Å²) in [5.41, 5.74) is 6.19. The van der Waals surface area contributed by atoms with E-state index in [4.69, 9.17) is 0 Å². The Labute approximate surface area is 202 Å². The van der Waals surface area contributed by atoms with Crippen LogP contribution >= 0.6 is 0 Å². The Bertz CT molecular complexity index is 883. The lowest BCUT2D eigenvalue weighted by Crippen LogP contribution is -2.53. The van der Waals surface area contributed by atoms with E-state index in [2.05, 4.69) is 92.7 Å². The third kappa shape index (κ3) is 5.17. The summed E-state index contributed by atoms with van der Waals surface area (Å²) in [5, 5.41) is 3.49. The van der Waals surface area contributed by atoms with Gasteiger partial charge in [0.2, 0.25) is 0 Å². The van der Waals surface area contributed by atoms with Crippen LogP contribution in [-0.4, -0.2) is 67.1 Å². The highest BCUT2D eigenvalue weighted by molar-refractivity contribution is 5.66. The summed E-state index contributed by atoms with van der Waals surface area (Å²) >= 11 is 0. The largest absolute Gasteiger partial charge is 0.356 e. The lowest BCUT2D eigenvalue weighted by Gasteiger charge is -2.43. The summed E-state index contributed by atoms with van der Waals surface area (Å²) in [6, 6.07) is 7.93. The Morgan fingerprint density at radius 1 is 1.00 bits per heavy atom. The molecule has 0 spiro atoms. The molecule has 4 nitrogen and oxygen atoms in total. The van der Waals surface area contributed by atoms with Crippen molar-refractivity contribution in [3.05, 3.63) is 53.5 Å². The first-order valence-electron chi connectivity index (χ1n) is 13.0. The van der Waals surface area contributed by atoms with Crippen LogP contribution in [-0.2, 0) is 10.8 Å². The second kappa shape index (κ2) is 9.46. The molecule has 1 aromatic carbocycles. The molecule has 0 saturated carbocycles. The average molecular weight is 451 g/mol. The van der Waals surface area contributed by atoms with Gasteiger partial charge in [-0.2, -0.15) is 0 Å². The number of fused-ring (bicyclic) bond motifs is 1. The summed E-state index contributed by atoms with van der Waals surface area (Å²) in [7, 11) is 2.15. The molecule has 1 aliphatic carbocycles. The van der Waals surface area contributed by atoms with Crippen LogP contribution in [0.3, 0.4) is 0 Å². The number of nitrogens with one attached hydrogen (secondary N) is 1. The molecule has 0 atom stereocenters. The van der Waals surface area contributed by atoms with Crippen LogP contribution in [0.1, 0.15) is 77.0 Å². The first-order chi connectivity index (χ1) is 15.6. The Kier molecular flexibility index (Phi) is 6.98. The van der Waals surface area contributed by atoms with Crippen molar-refractivity contribution < 1.29 is 0 Å². The van der Waals surface area contributed by atoms with Crippen molar-refractivity contribution in [1.29, 1.82) is 0 Å². The molecule has 0 bridgehead atoms. The summed E-state index contributed by atoms with van der Waals surface area (Å²) in [5.74, 6) is 1.11. The molecule has 182 valence electrons. The van der Waals surface area contributed by atoms with E-state index in [0.29, 0.717) is 0 Å². The van der Waals surface area contributed by atoms with Gasteiger partial charge in [-0.1, -0.05) is 52.5 Å². The average Bonchev–Trinajstić information content (AvgIpc) is 2.82. The number of hydrogen-bond donors (Lipinski definition) is 1. The van der Waals surface area contributed by atoms with E-state index in [0.717, 1.165) is 38.0 Å². The maximum atomic E-state index is 4.45. The number of rotatable bonds is 5. The van der Waals surface area contributed by atoms with E-state index < -0.39 is 0 Å². The standard InChI is InChI=1S/C29H46N4/c1-22(24-8-9-26-27(20-24)29(5,6)13-12-28(26,3)4)21-31(7)23(2)32-16-18-33(19-17-32)25-10-14-30-15-11-25/h8-9,20-21,25,30H,2,10-19H2,1,3-7H3/b22-21+. The first-order valence-corrected chi connectivity index (χ1v) is 13.0. The third-order valence-corrected chi connectivity index (χ3v) is 8.61. The van der Waals surface area contributed by atoms with Crippen LogP contribution in [0.15, 0.2) is 36.8 Å². The Hall–Kier alpha value is -1.78. The van der Waals surface area contributed by atoms with Gasteiger partial charge in [-0.05, 0) is 78.8 Å². The molecule has 2 aliphatic heterocycles. The molecule has 1 N–H and O–H groups in total. The van der Waals surface area contributed by atoms with Gasteiger partial charge in [0, 0.05) is 45.5 Å². The highest BCUT2D eigenvalue weighted by Crippen LogP contribution is 2.46. The molecule has 2 saturated heterocycles. The molecule has 3 aliphatic rings. The number of piperazine rings is 1. The maximum Gasteiger partial charge on any atom is 0.100 e. The van der Waals surface area contributed by atoms with Crippen LogP contribution in [0.25, 0.3) is 5.57 Å². The van der Waals surface area contributed by atoms with Crippen LogP contribution in [0.2, 0.25) is 0 Å². The molecular formula is C29H46N4. The normalized spacial score (nSPS) is 23.8. The second-order valence-corrected chi connectivity index (χ2v) is 11.9. The van der Waals surface area contributed by atoms with Crippen molar-refractivity contribution in [1.82, 2.24) is 20.0 Å². The van der Waals surface area contributed by atoms with Gasteiger partial charge in [-0.25, -0.2) is 0 Å². The van der Waals surface area contributed by atoms with Crippen LogP contribution in [0.5, 0.6) is 0 Å². The first kappa shape index (κ1) is 24.3. The van der Waals surface area contributed by atoms with E-state index in [1.807, 2.05) is 0 Å². The molecule has 0 aromatic heterocycles. The quantitative estimate of drug-likeness (QED) is 0.668. The minimum atomic E-state index is 0.241. The van der Waals surface area contributed by atoms with Crippen LogP contribution in [0.4, 0.5) is 0 Å². The van der Waals surface area contributed by atoms with Gasteiger partial charge in [-0.3, -0.25) is 4.90 Å². The van der Waals surface area contributed by atoms with Crippen molar-refractivity contribution in [2.45, 2.75) is 77.2 Å². The van der Waals surface area contributed by atoms with Gasteiger partial charge >= 0.3 is 0 Å². The van der Waals surface area contributed by atoms with Crippen LogP contribution in [0, 0.1) is 0 Å². The summed E-state index contributed by atoms with van der Waals surface area (Å²) in [6.45, 7) is 23.1. The monoisotopic (exact) mass is 450 g/mol. The number of hydrogen-bond acceptors (Lipinski definition) is 4. The minimum absolute atomic E-state index is 0.241. The van der Waals surface area contributed by atoms with Crippen LogP contribution < -0.4 is 5.32 Å². The zero-order valence-corrected chi connectivity index (χ0v) is 22.0. The fourth-order valence-electron chi connectivity index (χ4n) is 6.01. The lowest BCUT2D eigenvalue weighted by atomic mass is 9.63. The van der Waals surface area contributed by atoms with Crippen molar-refractivity contribution in [2.75, 3.05) is 46.3 Å². The summed E-state index contributed by atoms with van der Waals surface area (Å²) in [4.78, 5) is 7.38. The minimum Gasteiger partial charge on any atom is -0.356 e. The fraction of sp³-hybridized carbons (Fsp3) is 0.655. The molecule has 4 heteroatoms. The second-order valence-electron chi connectivity index (χ2n) is 11.9. The molecular weight excluding hydrogens is 404 g/mol. The zero-order chi connectivity index (χ0) is 23.8. The summed E-state index contributed by atoms with van der Waals surface area (Å²) < 4.78 is 0. The smallest absolute Gasteiger partial charge is 0.100 e. The van der Waals surface area contributed by atoms with Gasteiger partial charge in [0.1, 0.15) is 5.82 Å². The molecule has 2 fully saturated rings. The Morgan fingerprint density at radius 2 is 1.61 bits per heavy atom. The Morgan fingerprint density at radius 3 is 2.24 bits per heavy atom. The number of benzene rings is 1. The number of allylic oxidation sites excluding steroid dienone is 1. The van der Waals surface area contributed by atoms with Gasteiger partial charge in [0.15, 0.2) is 0 Å². The zero-order valence-electron chi connectivity index (χ0n) is 22.0. The number of piperidine rings is 1. The van der Waals surface area contributed by atoms with E-state index in [1.165, 1.54) is 61.0 Å². The third-order valence-electron chi connectivity index (χ3n) is 8.61. The molecule has 33 heavy (non-hydrogen) atoms. The van der Waals surface area contributed by atoms with E-state index in [1.54, 1.807) is 0 Å². The van der Waals surface area contributed by atoms with Crippen molar-refractivity contribution in [3.63, 3.8) is 0 Å². The molecule has 0 unspecified atom stereocenters. The van der Waals surface area contributed by atoms with Crippen molar-refractivity contribution in [3.8, 4) is 0 Å². The topological polar surface area (TPSA) is 21.8 Å². The van der Waals surface area contributed by atoms with Gasteiger partial charge in [0.25, 0.3) is 0 Å². The SMILES string of the molecule is C=C(N(C)/C=C(\C)c1ccc2c(c1)C(C)(C)CCC2(C)C)N1CCN(C2CCNCC2)CC1. The van der Waals surface area contributed by atoms with E-state index in [9.17, 15) is 0 Å². The van der Waals surface area contributed by atoms with Gasteiger partial charge < -0.3 is 15.1 Å². The van der Waals surface area contributed by atoms with E-state index >= 15 is 0 Å². The molecule has 2 heterocycles. The predicted octanol–water partition coefficient (Wildman–Crippen LogP) is 5.17. The highest BCUT2D eigenvalue weighted by atomic mass is 15.4. The highest BCUT2D eigenvalue weighted by Gasteiger charge is 2.37. The maximum absolute atomic E-state index is 4.45. The van der Waals surface area contributed by atoms with Crippen molar-refractivity contribution >= 4 is 5.57 Å². The summed E-state index contributed by atoms with van der Waals surface area (Å²) in [6.07, 6.45) is 7.35. The van der Waals surface area contributed by atoms with Gasteiger partial charge in [0.05, 0.1) is 0 Å². The lowest BCUT2D eigenvalue weighted by molar-refractivity contribution is 0.0876. The number of nitrogens with zero attached hydrogens (tertiary/aromatic N) is 3. The van der Waals surface area contributed by atoms with Gasteiger partial charge in [-0.15, -0.1) is 0 Å². The predicted molar refractivity (Wildman–Crippen MR) is 141 cm³/mol. The van der Waals surface area contributed by atoms with Crippen molar-refractivity contribution in [2.24, 2.45) is 0 Å². The molecule has 0 radical (unpaired) electrons. The Balaban J connectivity index is 1.42. The van der Waals surface area contributed by atoms with E-state index in [-0.39, 0.29) is 10.8 Å². The molecule has 1 aromatic rings. The molecule has 4 rings (SSSR count).